The van der Waals surface area contributed by atoms with Crippen LogP contribution in [0.25, 0.3) is 0 Å². The van der Waals surface area contributed by atoms with Gasteiger partial charge in [-0.15, -0.1) is 0 Å². The van der Waals surface area contributed by atoms with E-state index in [1.165, 1.54) is 0 Å². The quantitative estimate of drug-likeness (QED) is 0.891. The molecule has 1 aromatic rings. The molecule has 2 rings (SSSR count). The number of nitrogens with one attached hydrogen (secondary N) is 1. The van der Waals surface area contributed by atoms with Crippen LogP contribution in [0.3, 0.4) is 0 Å². The molecule has 106 valence electrons. The lowest BCUT2D eigenvalue weighted by Crippen LogP contribution is -2.41. The third kappa shape index (κ3) is 3.36. The van der Waals surface area contributed by atoms with E-state index in [9.17, 15) is 4.79 Å². The number of rotatable bonds is 4. The van der Waals surface area contributed by atoms with Crippen LogP contribution in [-0.4, -0.2) is 50.2 Å². The summed E-state index contributed by atoms with van der Waals surface area (Å²) in [6.45, 7) is 10.6. The standard InChI is InChI=1S/C14H22N2O3/c1-10-11(2)19-12(3)13(10)14(17)15-4-5-16-6-8-18-9-7-16/h4-9H2,1-3H3,(H,15,17). The number of morpholine rings is 1. The molecular formula is C14H22N2O3. The van der Waals surface area contributed by atoms with Gasteiger partial charge in [0.25, 0.3) is 5.91 Å². The number of carbonyl (C=O) groups excluding carboxylic acids is 1. The van der Waals surface area contributed by atoms with Crippen LogP contribution >= 0.6 is 0 Å². The Hall–Kier alpha value is -1.33. The normalized spacial score (nSPS) is 16.6. The van der Waals surface area contributed by atoms with E-state index in [4.69, 9.17) is 9.15 Å². The van der Waals surface area contributed by atoms with Crippen molar-refractivity contribution in [2.45, 2.75) is 20.8 Å². The maximum Gasteiger partial charge on any atom is 0.255 e. The van der Waals surface area contributed by atoms with E-state index in [0.717, 1.165) is 44.2 Å². The monoisotopic (exact) mass is 266 g/mol. The highest BCUT2D eigenvalue weighted by Gasteiger charge is 2.18. The van der Waals surface area contributed by atoms with E-state index >= 15 is 0 Å². The van der Waals surface area contributed by atoms with E-state index in [1.54, 1.807) is 0 Å². The molecule has 0 aromatic carbocycles. The first-order valence-electron chi connectivity index (χ1n) is 6.74. The molecule has 19 heavy (non-hydrogen) atoms. The Bertz CT molecular complexity index is 448. The highest BCUT2D eigenvalue weighted by Crippen LogP contribution is 2.20. The third-order valence-electron chi connectivity index (χ3n) is 3.61. The molecule has 0 unspecified atom stereocenters. The molecule has 0 radical (unpaired) electrons. The van der Waals surface area contributed by atoms with Gasteiger partial charge in [-0.05, 0) is 20.8 Å². The zero-order valence-corrected chi connectivity index (χ0v) is 11.9. The number of aryl methyl sites for hydroxylation is 2. The average molecular weight is 266 g/mol. The summed E-state index contributed by atoms with van der Waals surface area (Å²) in [5, 5.41) is 2.96. The van der Waals surface area contributed by atoms with Crippen LogP contribution in [0, 0.1) is 20.8 Å². The fourth-order valence-corrected chi connectivity index (χ4v) is 2.37. The van der Waals surface area contributed by atoms with Gasteiger partial charge in [-0.2, -0.15) is 0 Å². The van der Waals surface area contributed by atoms with Gasteiger partial charge in [0, 0.05) is 31.7 Å². The first kappa shape index (κ1) is 14.1. The molecule has 0 spiro atoms. The van der Waals surface area contributed by atoms with Gasteiger partial charge in [-0.25, -0.2) is 0 Å². The summed E-state index contributed by atoms with van der Waals surface area (Å²) in [4.78, 5) is 14.4. The van der Waals surface area contributed by atoms with Gasteiger partial charge in [0.1, 0.15) is 11.5 Å². The fraction of sp³-hybridized carbons (Fsp3) is 0.643. The maximum absolute atomic E-state index is 12.1. The molecule has 5 heteroatoms. The number of hydrogen-bond donors (Lipinski definition) is 1. The summed E-state index contributed by atoms with van der Waals surface area (Å²) in [5.41, 5.74) is 1.61. The predicted octanol–water partition coefficient (Wildman–Crippen LogP) is 1.27. The maximum atomic E-state index is 12.1. The summed E-state index contributed by atoms with van der Waals surface area (Å²) >= 11 is 0. The zero-order chi connectivity index (χ0) is 13.8. The van der Waals surface area contributed by atoms with Gasteiger partial charge in [0.05, 0.1) is 18.8 Å². The SMILES string of the molecule is Cc1oc(C)c(C(=O)NCCN2CCOCC2)c1C. The van der Waals surface area contributed by atoms with E-state index in [-0.39, 0.29) is 5.91 Å². The van der Waals surface area contributed by atoms with Crippen LogP contribution in [0.1, 0.15) is 27.4 Å². The van der Waals surface area contributed by atoms with Crippen LogP contribution in [-0.2, 0) is 4.74 Å². The predicted molar refractivity (Wildman–Crippen MR) is 72.5 cm³/mol. The van der Waals surface area contributed by atoms with E-state index in [1.807, 2.05) is 20.8 Å². The van der Waals surface area contributed by atoms with E-state index in [0.29, 0.717) is 17.9 Å². The molecule has 0 saturated carbocycles. The van der Waals surface area contributed by atoms with Gasteiger partial charge >= 0.3 is 0 Å². The highest BCUT2D eigenvalue weighted by atomic mass is 16.5. The molecule has 1 saturated heterocycles. The summed E-state index contributed by atoms with van der Waals surface area (Å²) < 4.78 is 10.8. The lowest BCUT2D eigenvalue weighted by molar-refractivity contribution is 0.0383. The Morgan fingerprint density at radius 3 is 2.47 bits per heavy atom. The van der Waals surface area contributed by atoms with E-state index < -0.39 is 0 Å². The smallest absolute Gasteiger partial charge is 0.255 e. The van der Waals surface area contributed by atoms with Crippen molar-refractivity contribution in [2.24, 2.45) is 0 Å². The van der Waals surface area contributed by atoms with Gasteiger partial charge in [0.15, 0.2) is 0 Å². The number of amides is 1. The average Bonchev–Trinajstić information content (AvgIpc) is 2.64. The summed E-state index contributed by atoms with van der Waals surface area (Å²) in [5.74, 6) is 1.47. The minimum Gasteiger partial charge on any atom is -0.466 e. The van der Waals surface area contributed by atoms with Crippen molar-refractivity contribution in [3.63, 3.8) is 0 Å². The van der Waals surface area contributed by atoms with Gasteiger partial charge in [-0.1, -0.05) is 0 Å². The lowest BCUT2D eigenvalue weighted by atomic mass is 10.1. The largest absolute Gasteiger partial charge is 0.466 e. The molecule has 0 atom stereocenters. The van der Waals surface area contributed by atoms with Crippen LogP contribution in [0.4, 0.5) is 0 Å². The molecule has 0 aliphatic carbocycles. The number of ether oxygens (including phenoxy) is 1. The number of nitrogens with zero attached hydrogens (tertiary/aromatic N) is 1. The topological polar surface area (TPSA) is 54.7 Å². The van der Waals surface area contributed by atoms with Crippen molar-refractivity contribution < 1.29 is 13.9 Å². The molecule has 1 N–H and O–H groups in total. The number of carbonyl (C=O) groups is 1. The molecule has 5 nitrogen and oxygen atoms in total. The molecule has 1 aliphatic heterocycles. The van der Waals surface area contributed by atoms with Crippen LogP contribution in [0.5, 0.6) is 0 Å². The van der Waals surface area contributed by atoms with Crippen molar-refractivity contribution in [2.75, 3.05) is 39.4 Å². The molecular weight excluding hydrogens is 244 g/mol. The minimum absolute atomic E-state index is 0.0416. The second kappa shape index (κ2) is 6.21. The van der Waals surface area contributed by atoms with Crippen molar-refractivity contribution in [1.82, 2.24) is 10.2 Å². The summed E-state index contributed by atoms with van der Waals surface area (Å²) in [6.07, 6.45) is 0. The molecule has 1 aliphatic rings. The van der Waals surface area contributed by atoms with Gasteiger partial charge < -0.3 is 14.5 Å². The lowest BCUT2D eigenvalue weighted by Gasteiger charge is -2.26. The van der Waals surface area contributed by atoms with E-state index in [2.05, 4.69) is 10.2 Å². The Kier molecular flexibility index (Phi) is 4.61. The van der Waals surface area contributed by atoms with Crippen LogP contribution < -0.4 is 5.32 Å². The first-order valence-corrected chi connectivity index (χ1v) is 6.74. The van der Waals surface area contributed by atoms with Gasteiger partial charge in [-0.3, -0.25) is 9.69 Å². The Morgan fingerprint density at radius 2 is 1.89 bits per heavy atom. The second-order valence-electron chi connectivity index (χ2n) is 4.92. The first-order chi connectivity index (χ1) is 9.09. The summed E-state index contributed by atoms with van der Waals surface area (Å²) in [6, 6.07) is 0. The number of furan rings is 1. The van der Waals surface area contributed by atoms with Crippen molar-refractivity contribution in [3.8, 4) is 0 Å². The fourth-order valence-electron chi connectivity index (χ4n) is 2.37. The molecule has 2 heterocycles. The molecule has 0 bridgehead atoms. The van der Waals surface area contributed by atoms with Crippen LogP contribution in [0.2, 0.25) is 0 Å². The van der Waals surface area contributed by atoms with Gasteiger partial charge in [0.2, 0.25) is 0 Å². The Balaban J connectivity index is 1.84. The third-order valence-corrected chi connectivity index (χ3v) is 3.61. The summed E-state index contributed by atoms with van der Waals surface area (Å²) in [7, 11) is 0. The second-order valence-corrected chi connectivity index (χ2v) is 4.92. The van der Waals surface area contributed by atoms with Crippen molar-refractivity contribution >= 4 is 5.91 Å². The molecule has 1 amide bonds. The number of hydrogen-bond acceptors (Lipinski definition) is 4. The molecule has 1 fully saturated rings. The Morgan fingerprint density at radius 1 is 1.21 bits per heavy atom. The van der Waals surface area contributed by atoms with Crippen molar-refractivity contribution in [1.29, 1.82) is 0 Å². The zero-order valence-electron chi connectivity index (χ0n) is 11.9. The highest BCUT2D eigenvalue weighted by molar-refractivity contribution is 5.96. The minimum atomic E-state index is -0.0416. The molecule has 1 aromatic heterocycles. The van der Waals surface area contributed by atoms with Crippen molar-refractivity contribution in [3.05, 3.63) is 22.6 Å². The Labute approximate surface area is 113 Å². The van der Waals surface area contributed by atoms with Crippen LogP contribution in [0.15, 0.2) is 4.42 Å².